The van der Waals surface area contributed by atoms with Gasteiger partial charge >= 0.3 is 6.18 Å². The second-order valence-corrected chi connectivity index (χ2v) is 4.60. The van der Waals surface area contributed by atoms with Crippen molar-refractivity contribution in [3.8, 4) is 0 Å². The third kappa shape index (κ3) is 3.64. The Labute approximate surface area is 121 Å². The number of carbonyl (C=O) groups excluding carboxylic acids is 1. The average molecular weight is 309 g/mol. The van der Waals surface area contributed by atoms with E-state index in [9.17, 15) is 18.0 Å². The van der Waals surface area contributed by atoms with Crippen LogP contribution in [0.25, 0.3) is 0 Å². The third-order valence-electron chi connectivity index (χ3n) is 3.34. The zero-order valence-electron chi connectivity index (χ0n) is 10.9. The Morgan fingerprint density at radius 1 is 1.30 bits per heavy atom. The molecule has 1 aromatic carbocycles. The summed E-state index contributed by atoms with van der Waals surface area (Å²) >= 11 is 0. The second kappa shape index (κ2) is 6.45. The summed E-state index contributed by atoms with van der Waals surface area (Å²) in [6, 6.07) is 4.62. The molecule has 1 fully saturated rings. The van der Waals surface area contributed by atoms with Gasteiger partial charge in [0, 0.05) is 24.7 Å². The number of likely N-dealkylation sites (N-methyl/N-ethyl adjacent to an activating group) is 1. The van der Waals surface area contributed by atoms with Crippen LogP contribution in [0.5, 0.6) is 0 Å². The topological polar surface area (TPSA) is 32.3 Å². The Hall–Kier alpha value is -1.27. The van der Waals surface area contributed by atoms with E-state index >= 15 is 0 Å². The molecule has 1 aliphatic rings. The summed E-state index contributed by atoms with van der Waals surface area (Å²) in [5.74, 6) is -0.216. The molecule has 0 aromatic heterocycles. The van der Waals surface area contributed by atoms with Crippen LogP contribution in [0, 0.1) is 0 Å². The molecule has 1 heterocycles. The van der Waals surface area contributed by atoms with Crippen molar-refractivity contribution in [2.75, 3.05) is 20.1 Å². The number of hydrogen-bond donors (Lipinski definition) is 1. The number of nitrogens with one attached hydrogen (secondary N) is 1. The van der Waals surface area contributed by atoms with E-state index in [-0.39, 0.29) is 24.4 Å². The van der Waals surface area contributed by atoms with E-state index in [1.807, 2.05) is 7.05 Å². The molecule has 0 radical (unpaired) electrons. The molecule has 20 heavy (non-hydrogen) atoms. The molecule has 1 aliphatic heterocycles. The molecule has 1 saturated heterocycles. The van der Waals surface area contributed by atoms with Gasteiger partial charge in [-0.05, 0) is 37.7 Å². The Bertz CT molecular complexity index is 462. The number of hydrogen-bond acceptors (Lipinski definition) is 2. The highest BCUT2D eigenvalue weighted by Crippen LogP contribution is 2.29. The van der Waals surface area contributed by atoms with Crippen LogP contribution in [0.4, 0.5) is 13.2 Å². The standard InChI is InChI=1S/C13H15F3N2O.ClH/c1-17-11-6-7-18(8-11)12(19)9-2-4-10(5-3-9)13(14,15)16;/h2-5,11,17H,6-8H2,1H3;1H/t11-;/m0./s1. The zero-order valence-corrected chi connectivity index (χ0v) is 11.7. The van der Waals surface area contributed by atoms with Gasteiger partial charge in [0.15, 0.2) is 0 Å². The summed E-state index contributed by atoms with van der Waals surface area (Å²) in [6.45, 7) is 1.22. The predicted molar refractivity (Wildman–Crippen MR) is 72.1 cm³/mol. The monoisotopic (exact) mass is 308 g/mol. The van der Waals surface area contributed by atoms with Crippen molar-refractivity contribution in [2.24, 2.45) is 0 Å². The van der Waals surface area contributed by atoms with Crippen molar-refractivity contribution >= 4 is 18.3 Å². The van der Waals surface area contributed by atoms with Crippen molar-refractivity contribution < 1.29 is 18.0 Å². The van der Waals surface area contributed by atoms with E-state index in [1.165, 1.54) is 12.1 Å². The van der Waals surface area contributed by atoms with Gasteiger partial charge in [0.1, 0.15) is 0 Å². The normalized spacial score (nSPS) is 18.8. The van der Waals surface area contributed by atoms with Gasteiger partial charge in [-0.25, -0.2) is 0 Å². The molecular formula is C13H16ClF3N2O. The molecule has 1 atom stereocenters. The number of halogens is 4. The van der Waals surface area contributed by atoms with Crippen LogP contribution in [0.15, 0.2) is 24.3 Å². The lowest BCUT2D eigenvalue weighted by atomic mass is 10.1. The molecule has 3 nitrogen and oxygen atoms in total. The van der Waals surface area contributed by atoms with Crippen molar-refractivity contribution in [3.05, 3.63) is 35.4 Å². The molecule has 2 rings (SSSR count). The summed E-state index contributed by atoms with van der Waals surface area (Å²) in [6.07, 6.45) is -3.50. The number of likely N-dealkylation sites (tertiary alicyclic amines) is 1. The van der Waals surface area contributed by atoms with Gasteiger partial charge < -0.3 is 10.2 Å². The number of carbonyl (C=O) groups is 1. The van der Waals surface area contributed by atoms with Gasteiger partial charge in [-0.2, -0.15) is 13.2 Å². The minimum Gasteiger partial charge on any atom is -0.337 e. The molecule has 0 bridgehead atoms. The Kier molecular flexibility index (Phi) is 5.42. The van der Waals surface area contributed by atoms with E-state index in [4.69, 9.17) is 0 Å². The van der Waals surface area contributed by atoms with Gasteiger partial charge in [-0.15, -0.1) is 12.4 Å². The van der Waals surface area contributed by atoms with E-state index in [2.05, 4.69) is 5.32 Å². The fourth-order valence-electron chi connectivity index (χ4n) is 2.16. The number of nitrogens with zero attached hydrogens (tertiary/aromatic N) is 1. The Morgan fingerprint density at radius 2 is 1.90 bits per heavy atom. The van der Waals surface area contributed by atoms with Crippen LogP contribution in [0.2, 0.25) is 0 Å². The van der Waals surface area contributed by atoms with Gasteiger partial charge in [0.2, 0.25) is 0 Å². The van der Waals surface area contributed by atoms with Gasteiger partial charge in [0.05, 0.1) is 5.56 Å². The lowest BCUT2D eigenvalue weighted by Gasteiger charge is -2.16. The minimum atomic E-state index is -4.37. The fourth-order valence-corrected chi connectivity index (χ4v) is 2.16. The highest BCUT2D eigenvalue weighted by molar-refractivity contribution is 5.94. The molecule has 0 aliphatic carbocycles. The van der Waals surface area contributed by atoms with E-state index in [0.29, 0.717) is 18.7 Å². The number of benzene rings is 1. The summed E-state index contributed by atoms with van der Waals surface area (Å²) in [7, 11) is 1.83. The number of rotatable bonds is 2. The third-order valence-corrected chi connectivity index (χ3v) is 3.34. The van der Waals surface area contributed by atoms with Crippen LogP contribution in [-0.4, -0.2) is 37.0 Å². The van der Waals surface area contributed by atoms with Crippen LogP contribution in [0.3, 0.4) is 0 Å². The summed E-state index contributed by atoms with van der Waals surface area (Å²) in [5.41, 5.74) is -0.441. The quantitative estimate of drug-likeness (QED) is 0.911. The molecule has 1 amide bonds. The maximum atomic E-state index is 12.4. The van der Waals surface area contributed by atoms with Crippen LogP contribution >= 0.6 is 12.4 Å². The molecule has 0 unspecified atom stereocenters. The SMILES string of the molecule is CN[C@H]1CCN(C(=O)c2ccc(C(F)(F)F)cc2)C1.Cl. The maximum absolute atomic E-state index is 12.4. The second-order valence-electron chi connectivity index (χ2n) is 4.60. The fraction of sp³-hybridized carbons (Fsp3) is 0.462. The van der Waals surface area contributed by atoms with Crippen LogP contribution in [0.1, 0.15) is 22.3 Å². The largest absolute Gasteiger partial charge is 0.416 e. The molecule has 1 aromatic rings. The number of alkyl halides is 3. The Morgan fingerprint density at radius 3 is 2.35 bits per heavy atom. The van der Waals surface area contributed by atoms with Gasteiger partial charge in [-0.1, -0.05) is 0 Å². The molecule has 112 valence electrons. The van der Waals surface area contributed by atoms with Crippen molar-refractivity contribution in [1.29, 1.82) is 0 Å². The zero-order chi connectivity index (χ0) is 14.0. The van der Waals surface area contributed by atoms with E-state index in [1.54, 1.807) is 4.90 Å². The van der Waals surface area contributed by atoms with Gasteiger partial charge in [-0.3, -0.25) is 4.79 Å². The highest BCUT2D eigenvalue weighted by atomic mass is 35.5. The van der Waals surface area contributed by atoms with Gasteiger partial charge in [0.25, 0.3) is 5.91 Å². The van der Waals surface area contributed by atoms with Crippen LogP contribution in [-0.2, 0) is 6.18 Å². The summed E-state index contributed by atoms with van der Waals surface area (Å²) < 4.78 is 37.2. The first-order chi connectivity index (χ1) is 8.91. The van der Waals surface area contributed by atoms with Crippen molar-refractivity contribution in [2.45, 2.75) is 18.6 Å². The van der Waals surface area contributed by atoms with Crippen molar-refractivity contribution in [1.82, 2.24) is 10.2 Å². The minimum absolute atomic E-state index is 0. The lowest BCUT2D eigenvalue weighted by molar-refractivity contribution is -0.137. The molecule has 0 spiro atoms. The molecular weight excluding hydrogens is 293 g/mol. The Balaban J connectivity index is 0.00000200. The average Bonchev–Trinajstić information content (AvgIpc) is 2.86. The first-order valence-corrected chi connectivity index (χ1v) is 6.05. The van der Waals surface area contributed by atoms with E-state index < -0.39 is 11.7 Å². The first-order valence-electron chi connectivity index (χ1n) is 6.05. The predicted octanol–water partition coefficient (Wildman–Crippen LogP) is 2.56. The lowest BCUT2D eigenvalue weighted by Crippen LogP contribution is -2.33. The highest BCUT2D eigenvalue weighted by Gasteiger charge is 2.31. The maximum Gasteiger partial charge on any atom is 0.416 e. The molecule has 1 N–H and O–H groups in total. The molecule has 7 heteroatoms. The molecule has 0 saturated carbocycles. The smallest absolute Gasteiger partial charge is 0.337 e. The van der Waals surface area contributed by atoms with E-state index in [0.717, 1.165) is 18.6 Å². The summed E-state index contributed by atoms with van der Waals surface area (Å²) in [5, 5.41) is 3.09. The first kappa shape index (κ1) is 16.8. The van der Waals surface area contributed by atoms with Crippen LogP contribution < -0.4 is 5.32 Å². The summed E-state index contributed by atoms with van der Waals surface area (Å²) in [4.78, 5) is 13.7. The number of amides is 1. The van der Waals surface area contributed by atoms with Crippen molar-refractivity contribution in [3.63, 3.8) is 0 Å².